The van der Waals surface area contributed by atoms with Crippen LogP contribution in [0.3, 0.4) is 0 Å². The van der Waals surface area contributed by atoms with Crippen LogP contribution in [-0.2, 0) is 0 Å². The maximum atomic E-state index is 13.1. The summed E-state index contributed by atoms with van der Waals surface area (Å²) in [5, 5.41) is 2.80. The molecule has 0 aliphatic heterocycles. The number of halogens is 2. The van der Waals surface area contributed by atoms with E-state index in [1.807, 2.05) is 0 Å². The lowest BCUT2D eigenvalue weighted by atomic mass is 10.2. The van der Waals surface area contributed by atoms with Gasteiger partial charge in [-0.25, -0.2) is 14.4 Å². The van der Waals surface area contributed by atoms with E-state index < -0.39 is 5.95 Å². The molecule has 1 aromatic carbocycles. The Bertz CT molecular complexity index is 494. The first kappa shape index (κ1) is 10.5. The molecule has 2 rings (SSSR count). The quantitative estimate of drug-likeness (QED) is 0.792. The fraction of sp³-hybridized carbons (Fsp3) is 0.0909. The molecule has 0 unspecified atom stereocenters. The minimum Gasteiger partial charge on any atom is -0.340 e. The SMILES string of the molecule is Cc1cc(F)cc(Nc2cc(F)ncn2)c1. The van der Waals surface area contributed by atoms with Crippen LogP contribution >= 0.6 is 0 Å². The summed E-state index contributed by atoms with van der Waals surface area (Å²) in [5.74, 6) is -0.694. The van der Waals surface area contributed by atoms with Crippen molar-refractivity contribution in [3.63, 3.8) is 0 Å². The molecule has 5 heteroatoms. The normalized spacial score (nSPS) is 10.2. The summed E-state index contributed by atoms with van der Waals surface area (Å²) in [4.78, 5) is 7.13. The number of nitrogens with one attached hydrogen (secondary N) is 1. The molecule has 0 saturated carbocycles. The molecule has 1 aromatic heterocycles. The molecule has 0 aliphatic carbocycles. The van der Waals surface area contributed by atoms with Crippen molar-refractivity contribution in [2.24, 2.45) is 0 Å². The summed E-state index contributed by atoms with van der Waals surface area (Å²) in [7, 11) is 0. The number of hydrogen-bond acceptors (Lipinski definition) is 3. The van der Waals surface area contributed by atoms with Crippen LogP contribution in [0.2, 0.25) is 0 Å². The molecule has 1 heterocycles. The van der Waals surface area contributed by atoms with Crippen molar-refractivity contribution in [2.45, 2.75) is 6.92 Å². The van der Waals surface area contributed by atoms with Gasteiger partial charge in [0.05, 0.1) is 0 Å². The Morgan fingerprint density at radius 2 is 1.88 bits per heavy atom. The van der Waals surface area contributed by atoms with Gasteiger partial charge in [0.15, 0.2) is 0 Å². The van der Waals surface area contributed by atoms with Crippen molar-refractivity contribution < 1.29 is 8.78 Å². The van der Waals surface area contributed by atoms with Gasteiger partial charge in [0, 0.05) is 11.8 Å². The maximum Gasteiger partial charge on any atom is 0.218 e. The van der Waals surface area contributed by atoms with Crippen LogP contribution in [0, 0.1) is 18.7 Å². The van der Waals surface area contributed by atoms with Crippen LogP contribution in [0.4, 0.5) is 20.3 Å². The Morgan fingerprint density at radius 1 is 1.06 bits per heavy atom. The number of benzene rings is 1. The minimum atomic E-state index is -0.634. The molecular formula is C11H9F2N3. The van der Waals surface area contributed by atoms with Crippen molar-refractivity contribution in [2.75, 3.05) is 5.32 Å². The highest BCUT2D eigenvalue weighted by Gasteiger charge is 2.01. The molecule has 1 N–H and O–H groups in total. The number of aromatic nitrogens is 2. The molecule has 0 fully saturated rings. The minimum absolute atomic E-state index is 0.289. The average molecular weight is 221 g/mol. The van der Waals surface area contributed by atoms with E-state index in [2.05, 4.69) is 15.3 Å². The number of anilines is 2. The molecule has 0 saturated heterocycles. The number of hydrogen-bond donors (Lipinski definition) is 1. The van der Waals surface area contributed by atoms with Gasteiger partial charge >= 0.3 is 0 Å². The Kier molecular flexibility index (Phi) is 2.76. The fourth-order valence-corrected chi connectivity index (χ4v) is 1.36. The molecular weight excluding hydrogens is 212 g/mol. The van der Waals surface area contributed by atoms with Crippen LogP contribution in [0.5, 0.6) is 0 Å². The third kappa shape index (κ3) is 2.50. The van der Waals surface area contributed by atoms with Gasteiger partial charge in [0.2, 0.25) is 5.95 Å². The van der Waals surface area contributed by atoms with Gasteiger partial charge < -0.3 is 5.32 Å². The molecule has 0 aliphatic rings. The number of nitrogens with zero attached hydrogens (tertiary/aromatic N) is 2. The van der Waals surface area contributed by atoms with Crippen LogP contribution in [-0.4, -0.2) is 9.97 Å². The highest BCUT2D eigenvalue weighted by Crippen LogP contribution is 2.17. The summed E-state index contributed by atoms with van der Waals surface area (Å²) >= 11 is 0. The van der Waals surface area contributed by atoms with E-state index in [1.54, 1.807) is 13.0 Å². The van der Waals surface area contributed by atoms with E-state index in [9.17, 15) is 8.78 Å². The smallest absolute Gasteiger partial charge is 0.218 e. The van der Waals surface area contributed by atoms with E-state index in [-0.39, 0.29) is 11.6 Å². The Balaban J connectivity index is 2.27. The largest absolute Gasteiger partial charge is 0.340 e. The van der Waals surface area contributed by atoms with Crippen molar-refractivity contribution in [1.82, 2.24) is 9.97 Å². The lowest BCUT2D eigenvalue weighted by molar-refractivity contribution is 0.580. The second kappa shape index (κ2) is 4.22. The summed E-state index contributed by atoms with van der Waals surface area (Å²) in [5.41, 5.74) is 1.30. The number of aryl methyl sites for hydroxylation is 1. The zero-order valence-electron chi connectivity index (χ0n) is 8.54. The zero-order valence-corrected chi connectivity index (χ0v) is 8.54. The van der Waals surface area contributed by atoms with Gasteiger partial charge in [-0.3, -0.25) is 0 Å². The molecule has 2 aromatic rings. The van der Waals surface area contributed by atoms with E-state index in [0.717, 1.165) is 18.0 Å². The maximum absolute atomic E-state index is 13.1. The first-order valence-corrected chi connectivity index (χ1v) is 4.65. The Hall–Kier alpha value is -2.04. The van der Waals surface area contributed by atoms with E-state index >= 15 is 0 Å². The van der Waals surface area contributed by atoms with Crippen molar-refractivity contribution in [1.29, 1.82) is 0 Å². The van der Waals surface area contributed by atoms with Crippen molar-refractivity contribution in [3.8, 4) is 0 Å². The van der Waals surface area contributed by atoms with Crippen molar-refractivity contribution in [3.05, 3.63) is 47.9 Å². The first-order chi connectivity index (χ1) is 7.63. The second-order valence-corrected chi connectivity index (χ2v) is 3.37. The van der Waals surface area contributed by atoms with Gasteiger partial charge in [0.25, 0.3) is 0 Å². The van der Waals surface area contributed by atoms with Gasteiger partial charge in [-0.2, -0.15) is 4.39 Å². The second-order valence-electron chi connectivity index (χ2n) is 3.37. The molecule has 3 nitrogen and oxygen atoms in total. The van der Waals surface area contributed by atoms with Gasteiger partial charge in [-0.05, 0) is 30.7 Å². The van der Waals surface area contributed by atoms with E-state index in [4.69, 9.17) is 0 Å². The molecule has 0 bridgehead atoms. The fourth-order valence-electron chi connectivity index (χ4n) is 1.36. The van der Waals surface area contributed by atoms with Crippen LogP contribution in [0.25, 0.3) is 0 Å². The molecule has 16 heavy (non-hydrogen) atoms. The molecule has 0 atom stereocenters. The summed E-state index contributed by atoms with van der Waals surface area (Å²) in [6.45, 7) is 1.77. The third-order valence-electron chi connectivity index (χ3n) is 1.95. The van der Waals surface area contributed by atoms with E-state index in [1.165, 1.54) is 12.1 Å². The monoisotopic (exact) mass is 221 g/mol. The van der Waals surface area contributed by atoms with E-state index in [0.29, 0.717) is 5.69 Å². The summed E-state index contributed by atoms with van der Waals surface area (Å²) < 4.78 is 25.8. The van der Waals surface area contributed by atoms with Crippen molar-refractivity contribution >= 4 is 11.5 Å². The molecule has 0 radical (unpaired) electrons. The molecule has 82 valence electrons. The Morgan fingerprint density at radius 3 is 2.56 bits per heavy atom. The van der Waals surface area contributed by atoms with Crippen LogP contribution in [0.15, 0.2) is 30.6 Å². The summed E-state index contributed by atoms with van der Waals surface area (Å²) in [6, 6.07) is 5.60. The predicted octanol–water partition coefficient (Wildman–Crippen LogP) is 2.81. The zero-order chi connectivity index (χ0) is 11.5. The third-order valence-corrected chi connectivity index (χ3v) is 1.95. The van der Waals surface area contributed by atoms with Gasteiger partial charge in [-0.15, -0.1) is 0 Å². The highest BCUT2D eigenvalue weighted by molar-refractivity contribution is 5.56. The molecule has 0 spiro atoms. The van der Waals surface area contributed by atoms with Gasteiger partial charge in [-0.1, -0.05) is 0 Å². The lowest BCUT2D eigenvalue weighted by Crippen LogP contribution is -1.96. The lowest BCUT2D eigenvalue weighted by Gasteiger charge is -2.06. The van der Waals surface area contributed by atoms with Gasteiger partial charge in [0.1, 0.15) is 18.0 Å². The molecule has 0 amide bonds. The standard InChI is InChI=1S/C11H9F2N3/c1-7-2-8(12)4-9(3-7)16-11-5-10(13)14-6-15-11/h2-6H,1H3,(H,14,15,16). The number of rotatable bonds is 2. The first-order valence-electron chi connectivity index (χ1n) is 4.65. The average Bonchev–Trinajstić information content (AvgIpc) is 2.15. The van der Waals surface area contributed by atoms with Crippen LogP contribution < -0.4 is 5.32 Å². The van der Waals surface area contributed by atoms with Crippen LogP contribution in [0.1, 0.15) is 5.56 Å². The topological polar surface area (TPSA) is 37.8 Å². The Labute approximate surface area is 91.2 Å². The predicted molar refractivity (Wildman–Crippen MR) is 56.4 cm³/mol. The summed E-state index contributed by atoms with van der Waals surface area (Å²) in [6.07, 6.45) is 1.10. The highest BCUT2D eigenvalue weighted by atomic mass is 19.1.